The van der Waals surface area contributed by atoms with Gasteiger partial charge in [-0.05, 0) is 36.8 Å². The van der Waals surface area contributed by atoms with Gasteiger partial charge in [0, 0.05) is 22.2 Å². The Bertz CT molecular complexity index is 1000. The van der Waals surface area contributed by atoms with Crippen molar-refractivity contribution in [2.75, 3.05) is 0 Å². The second kappa shape index (κ2) is 9.60. The molecule has 150 valence electrons. The number of halogens is 1. The van der Waals surface area contributed by atoms with E-state index in [2.05, 4.69) is 26.6 Å². The number of hydrogen-bond acceptors (Lipinski definition) is 5. The maximum atomic E-state index is 12.5. The van der Waals surface area contributed by atoms with Crippen LogP contribution >= 0.6 is 15.9 Å². The van der Waals surface area contributed by atoms with E-state index in [0.29, 0.717) is 4.47 Å². The third-order valence-corrected chi connectivity index (χ3v) is 4.18. The molecule has 0 saturated heterocycles. The Labute approximate surface area is 173 Å². The summed E-state index contributed by atoms with van der Waals surface area (Å²) in [6.07, 6.45) is 1.23. The Kier molecular flexibility index (Phi) is 7.21. The third kappa shape index (κ3) is 6.25. The van der Waals surface area contributed by atoms with E-state index in [1.807, 2.05) is 0 Å². The van der Waals surface area contributed by atoms with Crippen molar-refractivity contribution in [1.29, 1.82) is 0 Å². The maximum Gasteiger partial charge on any atom is 0.325 e. The van der Waals surface area contributed by atoms with Crippen molar-refractivity contribution in [2.45, 2.75) is 13.0 Å². The van der Waals surface area contributed by atoms with Crippen molar-refractivity contribution in [3.63, 3.8) is 0 Å². The first-order valence-corrected chi connectivity index (χ1v) is 9.03. The van der Waals surface area contributed by atoms with Crippen molar-refractivity contribution in [1.82, 2.24) is 10.6 Å². The fourth-order valence-corrected chi connectivity index (χ4v) is 2.61. The molecule has 0 radical (unpaired) electrons. The molecule has 0 aliphatic carbocycles. The van der Waals surface area contributed by atoms with E-state index in [9.17, 15) is 24.5 Å². The van der Waals surface area contributed by atoms with Crippen LogP contribution < -0.4 is 10.6 Å². The summed E-state index contributed by atoms with van der Waals surface area (Å²) in [7, 11) is 0. The molecule has 0 unspecified atom stereocenters. The highest BCUT2D eigenvalue weighted by molar-refractivity contribution is 9.10. The monoisotopic (exact) mass is 461 g/mol. The van der Waals surface area contributed by atoms with Gasteiger partial charge in [0.05, 0.1) is 4.92 Å². The summed E-state index contributed by atoms with van der Waals surface area (Å²) < 4.78 is 0.651. The number of nitrogens with zero attached hydrogens (tertiary/aromatic N) is 1. The van der Waals surface area contributed by atoms with E-state index in [0.717, 1.165) is 0 Å². The van der Waals surface area contributed by atoms with Gasteiger partial charge in [0.25, 0.3) is 17.5 Å². The van der Waals surface area contributed by atoms with Gasteiger partial charge in [0.1, 0.15) is 11.7 Å². The van der Waals surface area contributed by atoms with E-state index < -0.39 is 28.7 Å². The zero-order chi connectivity index (χ0) is 21.6. The number of non-ortho nitro benzene ring substituents is 1. The number of amides is 2. The minimum absolute atomic E-state index is 0.198. The van der Waals surface area contributed by atoms with Crippen LogP contribution in [0.15, 0.2) is 58.7 Å². The molecule has 0 aliphatic heterocycles. The summed E-state index contributed by atoms with van der Waals surface area (Å²) in [5, 5.41) is 24.6. The van der Waals surface area contributed by atoms with E-state index in [-0.39, 0.29) is 22.5 Å². The lowest BCUT2D eigenvalue weighted by atomic mass is 10.1. The van der Waals surface area contributed by atoms with Crippen molar-refractivity contribution in [2.24, 2.45) is 0 Å². The topological polar surface area (TPSA) is 139 Å². The van der Waals surface area contributed by atoms with Gasteiger partial charge in [-0.25, -0.2) is 0 Å². The van der Waals surface area contributed by atoms with Crippen LogP contribution in [0.25, 0.3) is 6.08 Å². The zero-order valence-corrected chi connectivity index (χ0v) is 16.7. The Balaban J connectivity index is 2.38. The van der Waals surface area contributed by atoms with E-state index in [4.69, 9.17) is 5.11 Å². The van der Waals surface area contributed by atoms with Crippen LogP contribution in [0.1, 0.15) is 22.8 Å². The largest absolute Gasteiger partial charge is 0.480 e. The number of carboxylic acid groups (broad SMARTS) is 1. The molecule has 3 N–H and O–H groups in total. The minimum atomic E-state index is -1.26. The molecule has 2 aromatic carbocycles. The number of rotatable bonds is 7. The first-order chi connectivity index (χ1) is 13.7. The Morgan fingerprint density at radius 1 is 1.17 bits per heavy atom. The second-order valence-corrected chi connectivity index (χ2v) is 6.82. The van der Waals surface area contributed by atoms with Crippen LogP contribution in [-0.2, 0) is 9.59 Å². The van der Waals surface area contributed by atoms with Crippen molar-refractivity contribution < 1.29 is 24.4 Å². The van der Waals surface area contributed by atoms with Crippen LogP contribution in [0.4, 0.5) is 5.69 Å². The summed E-state index contributed by atoms with van der Waals surface area (Å²) >= 11 is 3.25. The summed E-state index contributed by atoms with van der Waals surface area (Å²) in [5.74, 6) is -2.72. The molecular weight excluding hydrogens is 446 g/mol. The van der Waals surface area contributed by atoms with Crippen LogP contribution in [-0.4, -0.2) is 33.9 Å². The summed E-state index contributed by atoms with van der Waals surface area (Å²) in [6, 6.07) is 10.7. The molecule has 2 aromatic rings. The maximum absolute atomic E-state index is 12.5. The normalized spacial score (nSPS) is 12.0. The number of benzene rings is 2. The Morgan fingerprint density at radius 3 is 2.48 bits per heavy atom. The second-order valence-electron chi connectivity index (χ2n) is 5.91. The highest BCUT2D eigenvalue weighted by Gasteiger charge is 2.20. The highest BCUT2D eigenvalue weighted by Crippen LogP contribution is 2.16. The van der Waals surface area contributed by atoms with E-state index >= 15 is 0 Å². The third-order valence-electron chi connectivity index (χ3n) is 3.69. The highest BCUT2D eigenvalue weighted by atomic mass is 79.9. The molecule has 9 nitrogen and oxygen atoms in total. The van der Waals surface area contributed by atoms with Crippen LogP contribution in [0.3, 0.4) is 0 Å². The predicted octanol–water partition coefficient (Wildman–Crippen LogP) is 2.72. The summed E-state index contributed by atoms with van der Waals surface area (Å²) in [6.45, 7) is 1.27. The van der Waals surface area contributed by atoms with Gasteiger partial charge in [-0.3, -0.25) is 24.5 Å². The van der Waals surface area contributed by atoms with Gasteiger partial charge in [-0.2, -0.15) is 0 Å². The zero-order valence-electron chi connectivity index (χ0n) is 15.1. The van der Waals surface area contributed by atoms with E-state index in [1.165, 1.54) is 49.4 Å². The van der Waals surface area contributed by atoms with Crippen molar-refractivity contribution >= 4 is 45.5 Å². The van der Waals surface area contributed by atoms with Crippen molar-refractivity contribution in [3.05, 3.63) is 79.9 Å². The van der Waals surface area contributed by atoms with Gasteiger partial charge in [0.2, 0.25) is 0 Å². The molecule has 1 atom stereocenters. The molecule has 0 heterocycles. The number of aliphatic carboxylic acids is 1. The lowest BCUT2D eigenvalue weighted by Gasteiger charge is -2.13. The van der Waals surface area contributed by atoms with E-state index in [1.54, 1.807) is 12.1 Å². The molecular formula is C19H16BrN3O6. The molecule has 10 heteroatoms. The molecule has 0 bridgehead atoms. The molecule has 2 amide bonds. The lowest BCUT2D eigenvalue weighted by molar-refractivity contribution is -0.384. The molecule has 0 saturated carbocycles. The predicted molar refractivity (Wildman–Crippen MR) is 108 cm³/mol. The smallest absolute Gasteiger partial charge is 0.325 e. The van der Waals surface area contributed by atoms with Gasteiger partial charge in [0.15, 0.2) is 0 Å². The standard InChI is InChI=1S/C19H16BrN3O6/c1-11(19(26)27)21-18(25)16(9-12-4-2-7-15(8-12)23(28)29)22-17(24)13-5-3-6-14(20)10-13/h2-11H,1H3,(H,21,25)(H,22,24)(H,26,27)/b16-9-/t11-/m1/s1. The molecule has 0 fully saturated rings. The fourth-order valence-electron chi connectivity index (χ4n) is 2.21. The molecule has 0 aromatic heterocycles. The SMILES string of the molecule is C[C@@H](NC(=O)/C(=C/c1cccc([N+](=O)[O-])c1)NC(=O)c1cccc(Br)c1)C(=O)O. The molecule has 2 rings (SSSR count). The number of nitro benzene ring substituents is 1. The average molecular weight is 462 g/mol. The number of nitrogens with one attached hydrogen (secondary N) is 2. The lowest BCUT2D eigenvalue weighted by Crippen LogP contribution is -2.42. The number of hydrogen-bond donors (Lipinski definition) is 3. The summed E-state index contributed by atoms with van der Waals surface area (Å²) in [4.78, 5) is 46.4. The van der Waals surface area contributed by atoms with Crippen LogP contribution in [0.5, 0.6) is 0 Å². The quantitative estimate of drug-likeness (QED) is 0.329. The van der Waals surface area contributed by atoms with Crippen LogP contribution in [0.2, 0.25) is 0 Å². The minimum Gasteiger partial charge on any atom is -0.480 e. The van der Waals surface area contributed by atoms with Gasteiger partial charge < -0.3 is 15.7 Å². The van der Waals surface area contributed by atoms with Crippen LogP contribution in [0, 0.1) is 10.1 Å². The average Bonchev–Trinajstić information content (AvgIpc) is 2.67. The van der Waals surface area contributed by atoms with Gasteiger partial charge in [-0.15, -0.1) is 0 Å². The molecule has 0 spiro atoms. The number of carboxylic acids is 1. The summed E-state index contributed by atoms with van der Waals surface area (Å²) in [5.41, 5.74) is 0.0737. The van der Waals surface area contributed by atoms with Gasteiger partial charge >= 0.3 is 5.97 Å². The fraction of sp³-hybridized carbons (Fsp3) is 0.105. The number of carbonyl (C=O) groups is 3. The molecule has 29 heavy (non-hydrogen) atoms. The number of carbonyl (C=O) groups excluding carboxylic acids is 2. The Morgan fingerprint density at radius 2 is 1.86 bits per heavy atom. The first kappa shape index (κ1) is 21.8. The number of nitro groups is 1. The van der Waals surface area contributed by atoms with Gasteiger partial charge in [-0.1, -0.05) is 34.1 Å². The van der Waals surface area contributed by atoms with Crippen molar-refractivity contribution in [3.8, 4) is 0 Å². The molecule has 0 aliphatic rings. The Hall–Kier alpha value is -3.53. The first-order valence-electron chi connectivity index (χ1n) is 8.24.